The molecular weight excluding hydrogens is 445 g/mol. The summed E-state index contributed by atoms with van der Waals surface area (Å²) in [6.07, 6.45) is 3.75. The maximum absolute atomic E-state index is 14.3. The fourth-order valence-corrected chi connectivity index (χ4v) is 7.35. The third-order valence-corrected chi connectivity index (χ3v) is 8.53. The van der Waals surface area contributed by atoms with Crippen molar-refractivity contribution in [1.82, 2.24) is 0 Å². The lowest BCUT2D eigenvalue weighted by Gasteiger charge is -2.45. The Kier molecular flexibility index (Phi) is 7.32. The number of allylic oxidation sites excluding steroid dienone is 2. The lowest BCUT2D eigenvalue weighted by atomic mass is 9.64. The first-order valence-electron chi connectivity index (χ1n) is 11.2. The van der Waals surface area contributed by atoms with Crippen LogP contribution in [0, 0.1) is 5.92 Å². The Balaban J connectivity index is 2.29. The zero-order valence-corrected chi connectivity index (χ0v) is 20.7. The lowest BCUT2D eigenvalue weighted by Crippen LogP contribution is -2.56. The smallest absolute Gasteiger partial charge is 0.421 e. The highest BCUT2D eigenvalue weighted by molar-refractivity contribution is 7.54. The number of ether oxygens (including phenoxy) is 1. The molecule has 0 unspecified atom stereocenters. The summed E-state index contributed by atoms with van der Waals surface area (Å²) in [6, 6.07) is 6.87. The maximum Gasteiger partial charge on any atom is 0.421 e. The number of carbonyl (C=O) groups is 3. The number of hydrogen-bond donors (Lipinski definition) is 0. The number of nitrogens with zero attached hydrogens (tertiary/aromatic N) is 1. The first-order chi connectivity index (χ1) is 15.6. The van der Waals surface area contributed by atoms with Crippen LogP contribution in [0.5, 0.6) is 0 Å². The molecule has 1 aliphatic carbocycles. The van der Waals surface area contributed by atoms with Crippen LogP contribution in [0.3, 0.4) is 0 Å². The summed E-state index contributed by atoms with van der Waals surface area (Å²) < 4.78 is 31.0. The fourth-order valence-electron chi connectivity index (χ4n) is 4.88. The summed E-state index contributed by atoms with van der Waals surface area (Å²) in [4.78, 5) is 40.1. The summed E-state index contributed by atoms with van der Waals surface area (Å²) in [5, 5.41) is 0. The van der Waals surface area contributed by atoms with Crippen LogP contribution in [-0.4, -0.2) is 42.8 Å². The van der Waals surface area contributed by atoms with Crippen molar-refractivity contribution in [3.05, 3.63) is 42.0 Å². The molecule has 1 aliphatic heterocycles. The van der Waals surface area contributed by atoms with Gasteiger partial charge in [-0.1, -0.05) is 30.4 Å². The van der Waals surface area contributed by atoms with Crippen molar-refractivity contribution in [2.75, 3.05) is 18.1 Å². The predicted octanol–water partition coefficient (Wildman–Crippen LogP) is 5.01. The largest absolute Gasteiger partial charge is 0.443 e. The fraction of sp³-hybridized carbons (Fsp3) is 0.542. The Hall–Kier alpha value is -2.28. The van der Waals surface area contributed by atoms with Crippen LogP contribution < -0.4 is 4.90 Å². The molecule has 1 aromatic rings. The topological polar surface area (TPSA) is 99.2 Å². The van der Waals surface area contributed by atoms with E-state index in [1.54, 1.807) is 71.0 Å². The summed E-state index contributed by atoms with van der Waals surface area (Å²) in [6.45, 7) is 8.80. The van der Waals surface area contributed by atoms with Crippen LogP contribution in [0.1, 0.15) is 53.0 Å². The normalized spacial score (nSPS) is 24.8. The summed E-state index contributed by atoms with van der Waals surface area (Å²) in [7, 11) is -3.83. The molecule has 1 heterocycles. The van der Waals surface area contributed by atoms with E-state index in [0.29, 0.717) is 11.3 Å². The highest BCUT2D eigenvalue weighted by atomic mass is 31.2. The molecule has 1 spiro atoms. The quantitative estimate of drug-likeness (QED) is 0.309. The number of hydrogen-bond acceptors (Lipinski definition) is 7. The number of aldehydes is 1. The number of amides is 2. The van der Waals surface area contributed by atoms with Gasteiger partial charge in [-0.25, -0.2) is 9.69 Å². The Morgan fingerprint density at radius 1 is 1.21 bits per heavy atom. The van der Waals surface area contributed by atoms with Gasteiger partial charge in [0.05, 0.1) is 30.0 Å². The lowest BCUT2D eigenvalue weighted by molar-refractivity contribution is -0.125. The number of fused-ring (bicyclic) bond motifs is 2. The summed E-state index contributed by atoms with van der Waals surface area (Å²) in [5.74, 6) is -1.22. The molecule has 0 saturated heterocycles. The standard InChI is InChI=1S/C24H32NO7P/c1-6-30-33(29,31-7-2)20-14-10-11-17(15-16-26)24(20)18-12-8-9-13-19(18)25(21(24)27)22(28)32-23(3,4)5/h8-13,16-17,20H,6-7,14-15H2,1-5H3/t17-,20+,24-/m1/s1. The maximum atomic E-state index is 14.3. The molecule has 3 atom stereocenters. The van der Waals surface area contributed by atoms with E-state index in [1.165, 1.54) is 0 Å². The van der Waals surface area contributed by atoms with E-state index >= 15 is 0 Å². The minimum atomic E-state index is -3.83. The van der Waals surface area contributed by atoms with Crippen molar-refractivity contribution in [3.8, 4) is 0 Å². The molecule has 0 N–H and O–H groups in total. The Labute approximate surface area is 194 Å². The van der Waals surface area contributed by atoms with Crippen molar-refractivity contribution in [1.29, 1.82) is 0 Å². The van der Waals surface area contributed by atoms with Crippen LogP contribution in [-0.2, 0) is 33.4 Å². The third-order valence-electron chi connectivity index (χ3n) is 5.91. The Morgan fingerprint density at radius 2 is 1.85 bits per heavy atom. The third kappa shape index (κ3) is 4.32. The minimum absolute atomic E-state index is 0.00742. The van der Waals surface area contributed by atoms with Crippen LogP contribution >= 0.6 is 7.60 Å². The number of anilines is 1. The number of benzene rings is 1. The van der Waals surface area contributed by atoms with Gasteiger partial charge in [-0.2, -0.15) is 0 Å². The molecule has 33 heavy (non-hydrogen) atoms. The van der Waals surface area contributed by atoms with E-state index in [4.69, 9.17) is 13.8 Å². The number of carbonyl (C=O) groups excluding carboxylic acids is 3. The average molecular weight is 477 g/mol. The van der Waals surface area contributed by atoms with Gasteiger partial charge in [0.2, 0.25) is 5.91 Å². The van der Waals surface area contributed by atoms with Crippen molar-refractivity contribution in [2.45, 2.75) is 64.1 Å². The second kappa shape index (κ2) is 9.53. The number of para-hydroxylation sites is 1. The van der Waals surface area contributed by atoms with Crippen LogP contribution in [0.25, 0.3) is 0 Å². The molecule has 9 heteroatoms. The van der Waals surface area contributed by atoms with Gasteiger partial charge in [0.1, 0.15) is 11.9 Å². The Morgan fingerprint density at radius 3 is 2.42 bits per heavy atom. The molecule has 0 aromatic heterocycles. The molecule has 0 radical (unpaired) electrons. The molecule has 0 fully saturated rings. The predicted molar refractivity (Wildman–Crippen MR) is 124 cm³/mol. The second-order valence-corrected chi connectivity index (χ2v) is 11.3. The van der Waals surface area contributed by atoms with Crippen molar-refractivity contribution in [3.63, 3.8) is 0 Å². The van der Waals surface area contributed by atoms with Crippen LogP contribution in [0.15, 0.2) is 36.4 Å². The number of imide groups is 1. The van der Waals surface area contributed by atoms with E-state index in [9.17, 15) is 18.9 Å². The van der Waals surface area contributed by atoms with Gasteiger partial charge in [-0.15, -0.1) is 0 Å². The Bertz CT molecular complexity index is 989. The first kappa shape index (κ1) is 25.3. The van der Waals surface area contributed by atoms with Gasteiger partial charge >= 0.3 is 13.7 Å². The second-order valence-electron chi connectivity index (χ2n) is 9.07. The zero-order chi connectivity index (χ0) is 24.4. The zero-order valence-electron chi connectivity index (χ0n) is 19.8. The van der Waals surface area contributed by atoms with Crippen molar-refractivity contribution < 1.29 is 32.7 Å². The van der Waals surface area contributed by atoms with Gasteiger partial charge in [-0.05, 0) is 52.7 Å². The van der Waals surface area contributed by atoms with Crippen molar-refractivity contribution in [2.24, 2.45) is 5.92 Å². The molecule has 3 rings (SSSR count). The van der Waals surface area contributed by atoms with E-state index in [0.717, 1.165) is 11.2 Å². The van der Waals surface area contributed by atoms with E-state index < -0.39 is 42.2 Å². The molecular formula is C24H32NO7P. The SMILES string of the molecule is CCOP(=O)(OCC)[C@H]1CC=C[C@H](CC=O)[C@]12C(=O)N(C(=O)OC(C)(C)C)c1ccccc12. The summed E-state index contributed by atoms with van der Waals surface area (Å²) >= 11 is 0. The van der Waals surface area contributed by atoms with E-state index in [1.807, 2.05) is 0 Å². The average Bonchev–Trinajstić information content (AvgIpc) is 2.98. The first-order valence-corrected chi connectivity index (χ1v) is 12.8. The van der Waals surface area contributed by atoms with Gasteiger partial charge in [0, 0.05) is 12.3 Å². The molecule has 2 aliphatic rings. The molecule has 180 valence electrons. The minimum Gasteiger partial charge on any atom is -0.443 e. The van der Waals surface area contributed by atoms with Gasteiger partial charge in [0.25, 0.3) is 0 Å². The monoisotopic (exact) mass is 477 g/mol. The molecule has 2 amide bonds. The highest BCUT2D eigenvalue weighted by Gasteiger charge is 2.66. The van der Waals surface area contributed by atoms with Crippen LogP contribution in [0.2, 0.25) is 0 Å². The number of rotatable bonds is 7. The summed E-state index contributed by atoms with van der Waals surface area (Å²) in [5.41, 5.74) is -2.36. The van der Waals surface area contributed by atoms with Crippen molar-refractivity contribution >= 4 is 31.6 Å². The molecule has 1 aromatic carbocycles. The van der Waals surface area contributed by atoms with Gasteiger partial charge in [-0.3, -0.25) is 9.36 Å². The van der Waals surface area contributed by atoms with E-state index in [-0.39, 0.29) is 26.1 Å². The molecule has 0 saturated carbocycles. The van der Waals surface area contributed by atoms with Gasteiger partial charge in [0.15, 0.2) is 0 Å². The van der Waals surface area contributed by atoms with Crippen LogP contribution in [0.4, 0.5) is 10.5 Å². The molecule has 0 bridgehead atoms. The van der Waals surface area contributed by atoms with Gasteiger partial charge < -0.3 is 18.6 Å². The van der Waals surface area contributed by atoms with E-state index in [2.05, 4.69) is 0 Å². The molecule has 8 nitrogen and oxygen atoms in total. The highest BCUT2D eigenvalue weighted by Crippen LogP contribution is 2.66.